The molecule has 4 N–H and O–H groups in total. The zero-order valence-electron chi connectivity index (χ0n) is 11.1. The summed E-state index contributed by atoms with van der Waals surface area (Å²) in [6.45, 7) is 0. The molecule has 3 rings (SSSR count). The average Bonchev–Trinajstić information content (AvgIpc) is 2.42. The third kappa shape index (κ3) is 3.51. The van der Waals surface area contributed by atoms with Gasteiger partial charge in [0, 0.05) is 29.8 Å². The number of nitrogen functional groups attached to an aromatic ring is 2. The van der Waals surface area contributed by atoms with Gasteiger partial charge in [0.2, 0.25) is 5.95 Å². The Balaban J connectivity index is 0.00000110. The van der Waals surface area contributed by atoms with E-state index in [1.165, 1.54) is 0 Å². The minimum absolute atomic E-state index is 0. The summed E-state index contributed by atoms with van der Waals surface area (Å²) >= 11 is 0. The molecule has 1 aromatic carbocycles. The highest BCUT2D eigenvalue weighted by atomic mass is 35.5. The van der Waals surface area contributed by atoms with E-state index in [-0.39, 0.29) is 30.8 Å². The number of rotatable bonds is 2. The molecule has 5 nitrogen and oxygen atoms in total. The van der Waals surface area contributed by atoms with Crippen molar-refractivity contribution in [3.8, 4) is 0 Å². The highest BCUT2D eigenvalue weighted by Crippen LogP contribution is 2.21. The van der Waals surface area contributed by atoms with Gasteiger partial charge in [-0.05, 0) is 17.7 Å². The van der Waals surface area contributed by atoms with Crippen LogP contribution < -0.4 is 11.5 Å². The van der Waals surface area contributed by atoms with E-state index in [9.17, 15) is 0 Å². The van der Waals surface area contributed by atoms with Crippen LogP contribution in [-0.2, 0) is 6.42 Å². The Morgan fingerprint density at radius 3 is 2.43 bits per heavy atom. The summed E-state index contributed by atoms with van der Waals surface area (Å²) in [6.07, 6.45) is 4.13. The van der Waals surface area contributed by atoms with Gasteiger partial charge in [-0.3, -0.25) is 4.98 Å². The van der Waals surface area contributed by atoms with Crippen LogP contribution in [0.15, 0.2) is 42.7 Å². The number of benzene rings is 1. The first-order valence-corrected chi connectivity index (χ1v) is 5.93. The van der Waals surface area contributed by atoms with Crippen molar-refractivity contribution in [2.45, 2.75) is 6.42 Å². The first-order valence-electron chi connectivity index (χ1n) is 5.93. The number of anilines is 2. The first kappa shape index (κ1) is 16.9. The van der Waals surface area contributed by atoms with E-state index in [1.807, 2.05) is 30.3 Å². The number of fused-ring (bicyclic) bond motifs is 1. The second-order valence-electron chi connectivity index (χ2n) is 4.30. The fourth-order valence-electron chi connectivity index (χ4n) is 2.08. The summed E-state index contributed by atoms with van der Waals surface area (Å²) in [6, 6.07) is 9.99. The Morgan fingerprint density at radius 2 is 1.67 bits per heavy atom. The van der Waals surface area contributed by atoms with E-state index in [0.29, 0.717) is 12.2 Å². The van der Waals surface area contributed by atoms with Gasteiger partial charge in [0.25, 0.3) is 0 Å². The van der Waals surface area contributed by atoms with Crippen molar-refractivity contribution in [3.05, 3.63) is 53.9 Å². The molecule has 0 radical (unpaired) electrons. The molecule has 0 saturated carbocycles. The molecule has 21 heavy (non-hydrogen) atoms. The van der Waals surface area contributed by atoms with E-state index in [4.69, 9.17) is 11.5 Å². The Bertz CT molecular complexity index is 743. The van der Waals surface area contributed by atoms with Crippen LogP contribution in [0.3, 0.4) is 0 Å². The average molecular weight is 324 g/mol. The monoisotopic (exact) mass is 323 g/mol. The fraction of sp³-hybridized carbons (Fsp3) is 0.0714. The van der Waals surface area contributed by atoms with Crippen LogP contribution in [0.25, 0.3) is 10.9 Å². The zero-order chi connectivity index (χ0) is 13.2. The number of nitrogens with zero attached hydrogens (tertiary/aromatic N) is 3. The van der Waals surface area contributed by atoms with Gasteiger partial charge in [-0.2, -0.15) is 4.98 Å². The van der Waals surface area contributed by atoms with Crippen molar-refractivity contribution in [1.29, 1.82) is 0 Å². The molecule has 0 fully saturated rings. The lowest BCUT2D eigenvalue weighted by atomic mass is 10.0. The fourth-order valence-corrected chi connectivity index (χ4v) is 2.08. The maximum absolute atomic E-state index is 5.87. The normalized spacial score (nSPS) is 9.71. The molecule has 0 unspecified atom stereocenters. The largest absolute Gasteiger partial charge is 0.383 e. The van der Waals surface area contributed by atoms with Gasteiger partial charge in [-0.25, -0.2) is 4.98 Å². The molecule has 0 aliphatic heterocycles. The topological polar surface area (TPSA) is 90.7 Å². The summed E-state index contributed by atoms with van der Waals surface area (Å²) in [5, 5.41) is 1.11. The van der Waals surface area contributed by atoms with Crippen LogP contribution in [0, 0.1) is 0 Å². The maximum Gasteiger partial charge on any atom is 0.221 e. The Hall–Kier alpha value is -2.11. The summed E-state index contributed by atoms with van der Waals surface area (Å²) in [4.78, 5) is 12.3. The molecule has 0 spiro atoms. The Labute approximate surface area is 134 Å². The van der Waals surface area contributed by atoms with E-state index in [0.717, 1.165) is 22.0 Å². The van der Waals surface area contributed by atoms with E-state index in [1.54, 1.807) is 12.4 Å². The lowest BCUT2D eigenvalue weighted by Gasteiger charge is -2.07. The number of hydrogen-bond donors (Lipinski definition) is 2. The van der Waals surface area contributed by atoms with E-state index in [2.05, 4.69) is 15.0 Å². The molecule has 2 aromatic heterocycles. The number of nitrogens with two attached hydrogens (primary N) is 2. The number of halogens is 2. The van der Waals surface area contributed by atoms with Crippen molar-refractivity contribution in [3.63, 3.8) is 0 Å². The second-order valence-corrected chi connectivity index (χ2v) is 4.30. The minimum Gasteiger partial charge on any atom is -0.383 e. The van der Waals surface area contributed by atoms with Gasteiger partial charge >= 0.3 is 0 Å². The van der Waals surface area contributed by atoms with Gasteiger partial charge in [-0.1, -0.05) is 18.2 Å². The van der Waals surface area contributed by atoms with Crippen molar-refractivity contribution < 1.29 is 0 Å². The molecule has 0 aliphatic carbocycles. The van der Waals surface area contributed by atoms with Crippen molar-refractivity contribution in [1.82, 2.24) is 15.0 Å². The summed E-state index contributed by atoms with van der Waals surface area (Å²) in [7, 11) is 0. The van der Waals surface area contributed by atoms with E-state index >= 15 is 0 Å². The van der Waals surface area contributed by atoms with Crippen LogP contribution in [0.2, 0.25) is 0 Å². The second kappa shape index (κ2) is 7.06. The molecule has 0 saturated heterocycles. The highest BCUT2D eigenvalue weighted by molar-refractivity contribution is 5.85. The molecular weight excluding hydrogens is 309 g/mol. The lowest BCUT2D eigenvalue weighted by Crippen LogP contribution is -2.04. The Morgan fingerprint density at radius 1 is 0.905 bits per heavy atom. The highest BCUT2D eigenvalue weighted by Gasteiger charge is 2.07. The molecule has 3 aromatic rings. The summed E-state index contributed by atoms with van der Waals surface area (Å²) in [5.41, 5.74) is 14.3. The first-order chi connectivity index (χ1) is 9.24. The predicted octanol–water partition coefficient (Wildman–Crippen LogP) is 2.62. The van der Waals surface area contributed by atoms with Gasteiger partial charge in [0.05, 0.1) is 5.52 Å². The third-order valence-corrected chi connectivity index (χ3v) is 3.04. The SMILES string of the molecule is Cl.Cl.Nc1ncc(Cc2ccnc3ccccc23)c(N)n1. The summed E-state index contributed by atoms with van der Waals surface area (Å²) < 4.78 is 0. The molecular formula is C14H15Cl2N5. The van der Waals surface area contributed by atoms with Crippen LogP contribution in [0.4, 0.5) is 11.8 Å². The van der Waals surface area contributed by atoms with E-state index < -0.39 is 0 Å². The predicted molar refractivity (Wildman–Crippen MR) is 89.9 cm³/mol. The van der Waals surface area contributed by atoms with Crippen LogP contribution in [0.1, 0.15) is 11.1 Å². The molecule has 0 atom stereocenters. The smallest absolute Gasteiger partial charge is 0.221 e. The maximum atomic E-state index is 5.87. The Kier molecular flexibility index (Phi) is 5.69. The standard InChI is InChI=1S/C14H13N5.2ClH/c15-13-10(8-18-14(16)19-13)7-9-5-6-17-12-4-2-1-3-11(9)12;;/h1-6,8H,7H2,(H4,15,16,18,19);2*1H. The number of pyridine rings is 1. The molecule has 0 bridgehead atoms. The molecule has 2 heterocycles. The van der Waals surface area contributed by atoms with Crippen LogP contribution in [0.5, 0.6) is 0 Å². The van der Waals surface area contributed by atoms with Gasteiger partial charge in [0.1, 0.15) is 5.82 Å². The van der Waals surface area contributed by atoms with Crippen molar-refractivity contribution in [2.24, 2.45) is 0 Å². The van der Waals surface area contributed by atoms with Crippen LogP contribution in [-0.4, -0.2) is 15.0 Å². The van der Waals surface area contributed by atoms with Crippen molar-refractivity contribution in [2.75, 3.05) is 11.5 Å². The number of para-hydroxylation sites is 1. The third-order valence-electron chi connectivity index (χ3n) is 3.04. The number of hydrogen-bond acceptors (Lipinski definition) is 5. The lowest BCUT2D eigenvalue weighted by molar-refractivity contribution is 1.10. The minimum atomic E-state index is 0. The quantitative estimate of drug-likeness (QED) is 0.756. The van der Waals surface area contributed by atoms with Gasteiger partial charge in [0.15, 0.2) is 0 Å². The molecule has 0 aliphatic rings. The molecule has 110 valence electrons. The zero-order valence-corrected chi connectivity index (χ0v) is 12.7. The number of aromatic nitrogens is 3. The molecule has 7 heteroatoms. The van der Waals surface area contributed by atoms with Gasteiger partial charge < -0.3 is 11.5 Å². The van der Waals surface area contributed by atoms with Crippen molar-refractivity contribution >= 4 is 47.5 Å². The van der Waals surface area contributed by atoms with Crippen LogP contribution >= 0.6 is 24.8 Å². The molecule has 0 amide bonds. The van der Waals surface area contributed by atoms with Gasteiger partial charge in [-0.15, -0.1) is 24.8 Å². The summed E-state index contributed by atoms with van der Waals surface area (Å²) in [5.74, 6) is 0.620.